The van der Waals surface area contributed by atoms with Crippen LogP contribution in [-0.2, 0) is 24.4 Å². The second-order valence-electron chi connectivity index (χ2n) is 6.90. The lowest BCUT2D eigenvalue weighted by Crippen LogP contribution is -2.70. The van der Waals surface area contributed by atoms with E-state index in [-0.39, 0.29) is 10.8 Å². The highest BCUT2D eigenvalue weighted by atomic mass is 32.2. The first kappa shape index (κ1) is 19.6. The summed E-state index contributed by atoms with van der Waals surface area (Å²) in [5, 5.41) is 11.4. The van der Waals surface area contributed by atoms with Crippen molar-refractivity contribution in [1.29, 1.82) is 0 Å². The van der Waals surface area contributed by atoms with Gasteiger partial charge in [0, 0.05) is 17.4 Å². The standard InChI is InChI=1S/C16H19N3O6S2/c1-8(20)17-9-4-6-10(7-5-9)27(24,25)18-11-13(21)19-12(15(22)23)16(2,3)26-14(11)19/h4-7,11-12,14,18H,1-3H3,(H,17,20)(H,22,23)/t11-,12+,14-/m1/s1. The fraction of sp³-hybridized carbons (Fsp3) is 0.438. The number of fused-ring (bicyclic) bond motifs is 1. The summed E-state index contributed by atoms with van der Waals surface area (Å²) in [6, 6.07) is 3.51. The van der Waals surface area contributed by atoms with Crippen molar-refractivity contribution < 1.29 is 27.9 Å². The Morgan fingerprint density at radius 2 is 1.81 bits per heavy atom. The summed E-state index contributed by atoms with van der Waals surface area (Å²) in [6.07, 6.45) is 0. The summed E-state index contributed by atoms with van der Waals surface area (Å²) >= 11 is 1.26. The van der Waals surface area contributed by atoms with E-state index >= 15 is 0 Å². The number of benzene rings is 1. The van der Waals surface area contributed by atoms with Crippen molar-refractivity contribution in [2.75, 3.05) is 5.32 Å². The molecular formula is C16H19N3O6S2. The van der Waals surface area contributed by atoms with Gasteiger partial charge in [0.25, 0.3) is 0 Å². The predicted molar refractivity (Wildman–Crippen MR) is 98.6 cm³/mol. The molecular weight excluding hydrogens is 394 g/mol. The highest BCUT2D eigenvalue weighted by molar-refractivity contribution is 8.01. The lowest BCUT2D eigenvalue weighted by Gasteiger charge is -2.43. The van der Waals surface area contributed by atoms with Crippen LogP contribution in [0.5, 0.6) is 0 Å². The maximum atomic E-state index is 12.6. The number of β-lactam (4-membered cyclic amide) rings is 1. The summed E-state index contributed by atoms with van der Waals surface area (Å²) in [5.41, 5.74) is 0.449. The van der Waals surface area contributed by atoms with E-state index < -0.39 is 44.1 Å². The molecule has 2 saturated heterocycles. The first-order valence-corrected chi connectivity index (χ1v) is 10.4. The van der Waals surface area contributed by atoms with Gasteiger partial charge < -0.3 is 15.3 Å². The molecule has 9 nitrogen and oxygen atoms in total. The molecule has 3 N–H and O–H groups in total. The molecule has 2 aliphatic rings. The number of nitrogens with one attached hydrogen (secondary N) is 2. The summed E-state index contributed by atoms with van der Waals surface area (Å²) in [4.78, 5) is 36.1. The van der Waals surface area contributed by atoms with E-state index in [4.69, 9.17) is 0 Å². The molecule has 146 valence electrons. The van der Waals surface area contributed by atoms with Crippen molar-refractivity contribution in [3.05, 3.63) is 24.3 Å². The van der Waals surface area contributed by atoms with E-state index in [1.54, 1.807) is 13.8 Å². The Kier molecular flexibility index (Phi) is 4.73. The highest BCUT2D eigenvalue weighted by Crippen LogP contribution is 2.50. The van der Waals surface area contributed by atoms with Crippen LogP contribution in [-0.4, -0.2) is 58.4 Å². The van der Waals surface area contributed by atoms with Gasteiger partial charge in [-0.05, 0) is 38.1 Å². The third-order valence-corrected chi connectivity index (χ3v) is 7.47. The molecule has 0 saturated carbocycles. The van der Waals surface area contributed by atoms with E-state index in [2.05, 4.69) is 10.0 Å². The van der Waals surface area contributed by atoms with Gasteiger partial charge in [0.15, 0.2) is 0 Å². The highest BCUT2D eigenvalue weighted by Gasteiger charge is 2.64. The van der Waals surface area contributed by atoms with Gasteiger partial charge in [-0.15, -0.1) is 11.8 Å². The fourth-order valence-electron chi connectivity index (χ4n) is 3.28. The van der Waals surface area contributed by atoms with Crippen LogP contribution in [0.3, 0.4) is 0 Å². The number of thioether (sulfide) groups is 1. The Morgan fingerprint density at radius 1 is 1.22 bits per heavy atom. The lowest BCUT2D eigenvalue weighted by atomic mass is 9.96. The number of nitrogens with zero attached hydrogens (tertiary/aromatic N) is 1. The molecule has 0 bridgehead atoms. The number of anilines is 1. The number of aliphatic carboxylic acids is 1. The monoisotopic (exact) mass is 413 g/mol. The molecule has 3 atom stereocenters. The van der Waals surface area contributed by atoms with Crippen molar-refractivity contribution in [1.82, 2.24) is 9.62 Å². The third kappa shape index (κ3) is 3.42. The third-order valence-electron chi connectivity index (χ3n) is 4.44. The summed E-state index contributed by atoms with van der Waals surface area (Å²) in [7, 11) is -3.98. The number of carbonyl (C=O) groups excluding carboxylic acids is 2. The average Bonchev–Trinajstić information content (AvgIpc) is 2.81. The zero-order chi connectivity index (χ0) is 20.1. The molecule has 2 heterocycles. The van der Waals surface area contributed by atoms with Crippen LogP contribution in [0.25, 0.3) is 0 Å². The first-order chi connectivity index (χ1) is 12.4. The number of amides is 2. The second-order valence-corrected chi connectivity index (χ2v) is 10.4. The molecule has 0 unspecified atom stereocenters. The Bertz CT molecular complexity index is 913. The number of hydrogen-bond acceptors (Lipinski definition) is 6. The van der Waals surface area contributed by atoms with E-state index in [0.29, 0.717) is 5.69 Å². The number of carboxylic acids is 1. The summed E-state index contributed by atoms with van der Waals surface area (Å²) < 4.78 is 26.8. The maximum Gasteiger partial charge on any atom is 0.327 e. The topological polar surface area (TPSA) is 133 Å². The number of carbonyl (C=O) groups is 3. The SMILES string of the molecule is CC(=O)Nc1ccc(S(=O)(=O)N[C@@H]2C(=O)N3[C@@H]2SC(C)(C)[C@@H]3C(=O)O)cc1. The minimum atomic E-state index is -3.98. The second kappa shape index (κ2) is 6.50. The number of sulfonamides is 1. The molecule has 0 aliphatic carbocycles. The van der Waals surface area contributed by atoms with Gasteiger partial charge in [-0.25, -0.2) is 13.2 Å². The predicted octanol–water partition coefficient (Wildman–Crippen LogP) is 0.439. The molecule has 2 amide bonds. The Labute approximate surface area is 160 Å². The van der Waals surface area contributed by atoms with E-state index in [1.807, 2.05) is 0 Å². The van der Waals surface area contributed by atoms with Crippen LogP contribution in [0.2, 0.25) is 0 Å². The maximum absolute atomic E-state index is 12.6. The van der Waals surface area contributed by atoms with Gasteiger partial charge in [-0.2, -0.15) is 4.72 Å². The fourth-order valence-corrected chi connectivity index (χ4v) is 6.18. The van der Waals surface area contributed by atoms with Gasteiger partial charge >= 0.3 is 5.97 Å². The van der Waals surface area contributed by atoms with Crippen molar-refractivity contribution in [2.45, 2.75) is 47.9 Å². The number of rotatable bonds is 5. The molecule has 1 aromatic rings. The molecule has 2 fully saturated rings. The molecule has 27 heavy (non-hydrogen) atoms. The molecule has 1 aromatic carbocycles. The van der Waals surface area contributed by atoms with E-state index in [1.165, 1.54) is 47.9 Å². The zero-order valence-corrected chi connectivity index (χ0v) is 16.4. The first-order valence-electron chi connectivity index (χ1n) is 8.07. The molecule has 3 rings (SSSR count). The molecule has 0 spiro atoms. The smallest absolute Gasteiger partial charge is 0.327 e. The van der Waals surface area contributed by atoms with Crippen LogP contribution in [0.1, 0.15) is 20.8 Å². The van der Waals surface area contributed by atoms with Crippen LogP contribution in [0, 0.1) is 0 Å². The van der Waals surface area contributed by atoms with Crippen molar-refractivity contribution in [3.8, 4) is 0 Å². The van der Waals surface area contributed by atoms with Gasteiger partial charge in [-0.3, -0.25) is 9.59 Å². The van der Waals surface area contributed by atoms with Gasteiger partial charge in [0.05, 0.1) is 4.90 Å². The van der Waals surface area contributed by atoms with Crippen LogP contribution in [0.15, 0.2) is 29.2 Å². The lowest BCUT2D eigenvalue weighted by molar-refractivity contribution is -0.159. The molecule has 0 aromatic heterocycles. The average molecular weight is 413 g/mol. The quantitative estimate of drug-likeness (QED) is 0.597. The van der Waals surface area contributed by atoms with Crippen LogP contribution < -0.4 is 10.0 Å². The largest absolute Gasteiger partial charge is 0.480 e. The van der Waals surface area contributed by atoms with E-state index in [0.717, 1.165) is 0 Å². The number of hydrogen-bond donors (Lipinski definition) is 3. The number of carboxylic acid groups (broad SMARTS) is 1. The van der Waals surface area contributed by atoms with Crippen molar-refractivity contribution >= 4 is 45.3 Å². The minimum Gasteiger partial charge on any atom is -0.480 e. The van der Waals surface area contributed by atoms with Gasteiger partial charge in [-0.1, -0.05) is 0 Å². The Hall–Kier alpha value is -2.11. The summed E-state index contributed by atoms with van der Waals surface area (Å²) in [5.74, 6) is -1.94. The molecule has 0 radical (unpaired) electrons. The Balaban J connectivity index is 1.77. The van der Waals surface area contributed by atoms with Crippen LogP contribution in [0.4, 0.5) is 5.69 Å². The zero-order valence-electron chi connectivity index (χ0n) is 14.8. The van der Waals surface area contributed by atoms with Gasteiger partial charge in [0.2, 0.25) is 21.8 Å². The normalized spacial score (nSPS) is 26.3. The Morgan fingerprint density at radius 3 is 2.33 bits per heavy atom. The minimum absolute atomic E-state index is 0.0557. The van der Waals surface area contributed by atoms with Crippen molar-refractivity contribution in [2.24, 2.45) is 0 Å². The van der Waals surface area contributed by atoms with Crippen LogP contribution >= 0.6 is 11.8 Å². The molecule has 2 aliphatic heterocycles. The molecule has 11 heteroatoms. The van der Waals surface area contributed by atoms with Crippen molar-refractivity contribution in [3.63, 3.8) is 0 Å². The van der Waals surface area contributed by atoms with Gasteiger partial charge in [0.1, 0.15) is 17.5 Å². The summed E-state index contributed by atoms with van der Waals surface area (Å²) in [6.45, 7) is 4.77. The van der Waals surface area contributed by atoms with E-state index in [9.17, 15) is 27.9 Å².